The highest BCUT2D eigenvalue weighted by atomic mass is 16.6. The van der Waals surface area contributed by atoms with E-state index in [0.717, 1.165) is 35.3 Å². The van der Waals surface area contributed by atoms with Gasteiger partial charge in [-0.25, -0.2) is 0 Å². The van der Waals surface area contributed by atoms with Crippen LogP contribution in [0.25, 0.3) is 5.76 Å². The van der Waals surface area contributed by atoms with Crippen LogP contribution in [-0.2, 0) is 16.0 Å². The summed E-state index contributed by atoms with van der Waals surface area (Å²) in [4.78, 5) is 24.3. The van der Waals surface area contributed by atoms with Crippen LogP contribution in [0, 0.1) is 10.1 Å². The van der Waals surface area contributed by atoms with Crippen molar-refractivity contribution in [2.75, 3.05) is 7.05 Å². The number of hydrogen-bond acceptors (Lipinski definition) is 4. The number of amides is 1. The molecule has 2 aromatic rings. The molecule has 1 aliphatic carbocycles. The summed E-state index contributed by atoms with van der Waals surface area (Å²) in [5.74, 6) is 0.870. The van der Waals surface area contributed by atoms with Gasteiger partial charge in [0.15, 0.2) is 5.88 Å². The SMILES string of the molecule is CC(=O)N(C)C1=CC(c2cccc([N+](=O)[O-])c2)C2=C(O1)c1ccccc1CC2. The first-order valence-corrected chi connectivity index (χ1v) is 9.15. The molecule has 6 heteroatoms. The molecule has 1 aliphatic heterocycles. The number of allylic oxidation sites excluding steroid dienone is 2. The Morgan fingerprint density at radius 2 is 1.96 bits per heavy atom. The average Bonchev–Trinajstić information content (AvgIpc) is 2.72. The highest BCUT2D eigenvalue weighted by molar-refractivity contribution is 5.77. The van der Waals surface area contributed by atoms with Crippen LogP contribution in [0.4, 0.5) is 5.69 Å². The molecule has 0 radical (unpaired) electrons. The molecule has 0 saturated carbocycles. The quantitative estimate of drug-likeness (QED) is 0.588. The van der Waals surface area contributed by atoms with Gasteiger partial charge in [0.1, 0.15) is 5.76 Å². The first kappa shape index (κ1) is 18.0. The van der Waals surface area contributed by atoms with Gasteiger partial charge in [-0.3, -0.25) is 19.8 Å². The van der Waals surface area contributed by atoms with E-state index in [-0.39, 0.29) is 22.4 Å². The molecule has 4 rings (SSSR count). The normalized spacial score (nSPS) is 17.8. The van der Waals surface area contributed by atoms with E-state index in [4.69, 9.17) is 4.74 Å². The molecule has 1 atom stereocenters. The third-order valence-corrected chi connectivity index (χ3v) is 5.35. The molecule has 0 bridgehead atoms. The predicted octanol–water partition coefficient (Wildman–Crippen LogP) is 4.39. The monoisotopic (exact) mass is 376 g/mol. The number of carbonyl (C=O) groups excluding carboxylic acids is 1. The van der Waals surface area contributed by atoms with Crippen molar-refractivity contribution in [3.8, 4) is 0 Å². The maximum absolute atomic E-state index is 11.9. The predicted molar refractivity (Wildman–Crippen MR) is 105 cm³/mol. The standard InChI is InChI=1S/C22H20N2O4/c1-14(25)23(2)21-13-20(16-7-5-8-17(12-16)24(26)27)19-11-10-15-6-3-4-9-18(15)22(19)28-21/h3-9,12-13,20H,10-11H2,1-2H3. The second-order valence-corrected chi connectivity index (χ2v) is 7.03. The first-order chi connectivity index (χ1) is 13.5. The number of ether oxygens (including phenoxy) is 1. The minimum Gasteiger partial charge on any atom is -0.440 e. The summed E-state index contributed by atoms with van der Waals surface area (Å²) >= 11 is 0. The van der Waals surface area contributed by atoms with Crippen molar-refractivity contribution in [1.29, 1.82) is 0 Å². The number of hydrogen-bond donors (Lipinski definition) is 0. The van der Waals surface area contributed by atoms with Crippen molar-refractivity contribution in [2.24, 2.45) is 0 Å². The van der Waals surface area contributed by atoms with Gasteiger partial charge in [-0.2, -0.15) is 0 Å². The van der Waals surface area contributed by atoms with Gasteiger partial charge in [-0.1, -0.05) is 36.4 Å². The number of nitro benzene ring substituents is 1. The largest absolute Gasteiger partial charge is 0.440 e. The van der Waals surface area contributed by atoms with Crippen LogP contribution >= 0.6 is 0 Å². The third kappa shape index (κ3) is 3.07. The van der Waals surface area contributed by atoms with E-state index < -0.39 is 0 Å². The Kier molecular flexibility index (Phi) is 4.47. The van der Waals surface area contributed by atoms with Crippen LogP contribution in [0.3, 0.4) is 0 Å². The number of aryl methyl sites for hydroxylation is 1. The summed E-state index contributed by atoms with van der Waals surface area (Å²) < 4.78 is 6.18. The Bertz CT molecular complexity index is 1040. The molecular weight excluding hydrogens is 356 g/mol. The van der Waals surface area contributed by atoms with Gasteiger partial charge in [0.2, 0.25) is 5.91 Å². The summed E-state index contributed by atoms with van der Waals surface area (Å²) in [5, 5.41) is 11.2. The van der Waals surface area contributed by atoms with Crippen LogP contribution in [-0.4, -0.2) is 22.8 Å². The number of nitro groups is 1. The van der Waals surface area contributed by atoms with Gasteiger partial charge in [-0.05, 0) is 35.6 Å². The second-order valence-electron chi connectivity index (χ2n) is 7.03. The molecule has 0 saturated heterocycles. The van der Waals surface area contributed by atoms with Crippen molar-refractivity contribution in [2.45, 2.75) is 25.7 Å². The highest BCUT2D eigenvalue weighted by Gasteiger charge is 2.33. The molecule has 6 nitrogen and oxygen atoms in total. The topological polar surface area (TPSA) is 72.7 Å². The summed E-state index contributed by atoms with van der Waals surface area (Å²) in [6.45, 7) is 1.48. The molecule has 142 valence electrons. The van der Waals surface area contributed by atoms with E-state index in [1.165, 1.54) is 23.5 Å². The van der Waals surface area contributed by atoms with Crippen molar-refractivity contribution >= 4 is 17.4 Å². The first-order valence-electron chi connectivity index (χ1n) is 9.15. The Morgan fingerprint density at radius 3 is 2.71 bits per heavy atom. The van der Waals surface area contributed by atoms with E-state index in [2.05, 4.69) is 6.07 Å². The Balaban J connectivity index is 1.87. The van der Waals surface area contributed by atoms with Crippen molar-refractivity contribution in [1.82, 2.24) is 4.90 Å². The lowest BCUT2D eigenvalue weighted by Crippen LogP contribution is -2.28. The second kappa shape index (κ2) is 6.96. The van der Waals surface area contributed by atoms with E-state index in [0.29, 0.717) is 5.88 Å². The smallest absolute Gasteiger partial charge is 0.269 e. The van der Waals surface area contributed by atoms with Crippen LogP contribution in [0.2, 0.25) is 0 Å². The zero-order valence-corrected chi connectivity index (χ0v) is 15.7. The summed E-state index contributed by atoms with van der Waals surface area (Å²) in [6.07, 6.45) is 3.57. The van der Waals surface area contributed by atoms with Crippen molar-refractivity contribution in [3.05, 3.63) is 92.9 Å². The number of nitrogens with zero attached hydrogens (tertiary/aromatic N) is 2. The molecule has 0 fully saturated rings. The number of rotatable bonds is 3. The molecule has 0 N–H and O–H groups in total. The molecule has 0 aromatic heterocycles. The zero-order chi connectivity index (χ0) is 19.8. The highest BCUT2D eigenvalue weighted by Crippen LogP contribution is 2.45. The lowest BCUT2D eigenvalue weighted by Gasteiger charge is -2.34. The van der Waals surface area contributed by atoms with Gasteiger partial charge in [0, 0.05) is 37.6 Å². The summed E-state index contributed by atoms with van der Waals surface area (Å²) in [6, 6.07) is 14.7. The molecule has 0 spiro atoms. The number of carbonyl (C=O) groups is 1. The minimum absolute atomic E-state index is 0.0530. The van der Waals surface area contributed by atoms with Crippen molar-refractivity contribution in [3.63, 3.8) is 0 Å². The van der Waals surface area contributed by atoms with Gasteiger partial charge in [0.05, 0.1) is 4.92 Å². The van der Waals surface area contributed by atoms with Crippen LogP contribution < -0.4 is 0 Å². The van der Waals surface area contributed by atoms with E-state index >= 15 is 0 Å². The van der Waals surface area contributed by atoms with Crippen molar-refractivity contribution < 1.29 is 14.5 Å². The molecule has 1 unspecified atom stereocenters. The number of non-ortho nitro benzene ring substituents is 1. The fraction of sp³-hybridized carbons (Fsp3) is 0.227. The number of benzene rings is 2. The molecule has 2 aliphatic rings. The van der Waals surface area contributed by atoms with Crippen LogP contribution in [0.1, 0.15) is 36.0 Å². The van der Waals surface area contributed by atoms with Gasteiger partial charge in [-0.15, -0.1) is 0 Å². The zero-order valence-electron chi connectivity index (χ0n) is 15.7. The molecule has 1 amide bonds. The Morgan fingerprint density at radius 1 is 1.18 bits per heavy atom. The molecule has 2 aromatic carbocycles. The van der Waals surface area contributed by atoms with Gasteiger partial charge in [0.25, 0.3) is 5.69 Å². The third-order valence-electron chi connectivity index (χ3n) is 5.35. The summed E-state index contributed by atoms with van der Waals surface area (Å²) in [5.41, 5.74) is 4.17. The van der Waals surface area contributed by atoms with Gasteiger partial charge >= 0.3 is 0 Å². The molecular formula is C22H20N2O4. The lowest BCUT2D eigenvalue weighted by molar-refractivity contribution is -0.384. The van der Waals surface area contributed by atoms with E-state index in [9.17, 15) is 14.9 Å². The number of fused-ring (bicyclic) bond motifs is 2. The maximum atomic E-state index is 11.9. The Hall–Kier alpha value is -3.41. The molecule has 1 heterocycles. The molecule has 28 heavy (non-hydrogen) atoms. The maximum Gasteiger partial charge on any atom is 0.269 e. The fourth-order valence-electron chi connectivity index (χ4n) is 3.78. The fourth-order valence-corrected chi connectivity index (χ4v) is 3.78. The summed E-state index contributed by atoms with van der Waals surface area (Å²) in [7, 11) is 1.67. The van der Waals surface area contributed by atoms with Crippen LogP contribution in [0.15, 0.2) is 66.1 Å². The van der Waals surface area contributed by atoms with Gasteiger partial charge < -0.3 is 4.74 Å². The minimum atomic E-state index is -0.388. The average molecular weight is 376 g/mol. The van der Waals surface area contributed by atoms with E-state index in [1.807, 2.05) is 30.3 Å². The van der Waals surface area contributed by atoms with Crippen LogP contribution in [0.5, 0.6) is 0 Å². The lowest BCUT2D eigenvalue weighted by atomic mass is 9.80. The van der Waals surface area contributed by atoms with E-state index in [1.54, 1.807) is 19.2 Å². The Labute approximate surface area is 162 Å².